The van der Waals surface area contributed by atoms with Crippen LogP contribution in [0.25, 0.3) is 25.4 Å². The van der Waals surface area contributed by atoms with Gasteiger partial charge in [0.25, 0.3) is 5.91 Å². The summed E-state index contributed by atoms with van der Waals surface area (Å²) in [7, 11) is 0. The summed E-state index contributed by atoms with van der Waals surface area (Å²) in [4.78, 5) is 18.5. The number of carbonyl (C=O) groups is 1. The fourth-order valence-corrected chi connectivity index (χ4v) is 6.27. The molecule has 30 heavy (non-hydrogen) atoms. The highest BCUT2D eigenvalue weighted by Gasteiger charge is 2.27. The second kappa shape index (κ2) is 6.91. The van der Waals surface area contributed by atoms with Gasteiger partial charge in [-0.25, -0.2) is 4.98 Å². The first-order valence-corrected chi connectivity index (χ1v) is 11.7. The maximum absolute atomic E-state index is 13.2. The highest BCUT2D eigenvalue weighted by molar-refractivity contribution is 7.21. The number of aromatic nitrogens is 3. The zero-order valence-electron chi connectivity index (χ0n) is 15.7. The van der Waals surface area contributed by atoms with Crippen molar-refractivity contribution in [2.24, 2.45) is 0 Å². The van der Waals surface area contributed by atoms with Crippen molar-refractivity contribution in [2.45, 2.75) is 19.3 Å². The van der Waals surface area contributed by atoms with Crippen LogP contribution in [0.3, 0.4) is 0 Å². The molecule has 5 nitrogen and oxygen atoms in total. The molecule has 0 saturated carbocycles. The molecule has 1 aliphatic rings. The predicted molar refractivity (Wildman–Crippen MR) is 124 cm³/mol. The van der Waals surface area contributed by atoms with Crippen LogP contribution in [0, 0.1) is 0 Å². The summed E-state index contributed by atoms with van der Waals surface area (Å²) in [5.74, 6) is 0.498. The van der Waals surface area contributed by atoms with Gasteiger partial charge in [0, 0.05) is 15.6 Å². The number of hydrogen-bond donors (Lipinski definition) is 1. The number of thiophene rings is 1. The monoisotopic (exact) mass is 450 g/mol. The van der Waals surface area contributed by atoms with Gasteiger partial charge in [-0.2, -0.15) is 9.78 Å². The lowest BCUT2D eigenvalue weighted by molar-refractivity contribution is 0.103. The van der Waals surface area contributed by atoms with Crippen LogP contribution in [-0.4, -0.2) is 20.7 Å². The number of amides is 1. The van der Waals surface area contributed by atoms with Crippen molar-refractivity contribution in [2.75, 3.05) is 5.32 Å². The number of thiazole rings is 1. The highest BCUT2D eigenvalue weighted by atomic mass is 35.5. The molecule has 0 radical (unpaired) electrons. The van der Waals surface area contributed by atoms with Crippen LogP contribution in [0.1, 0.15) is 27.3 Å². The number of halogens is 1. The molecule has 0 bridgehead atoms. The van der Waals surface area contributed by atoms with Gasteiger partial charge in [0.2, 0.25) is 5.13 Å². The molecular formula is C22H15ClN4OS2. The van der Waals surface area contributed by atoms with Crippen LogP contribution in [0.15, 0.2) is 48.5 Å². The summed E-state index contributed by atoms with van der Waals surface area (Å²) in [5.41, 5.74) is 3.06. The quantitative estimate of drug-likeness (QED) is 0.361. The van der Waals surface area contributed by atoms with Gasteiger partial charge in [-0.15, -0.1) is 11.3 Å². The molecule has 6 rings (SSSR count). The van der Waals surface area contributed by atoms with Gasteiger partial charge in [-0.05, 0) is 37.5 Å². The second-order valence-electron chi connectivity index (χ2n) is 7.20. The smallest absolute Gasteiger partial charge is 0.268 e. The summed E-state index contributed by atoms with van der Waals surface area (Å²) in [6.45, 7) is 0. The average molecular weight is 451 g/mol. The summed E-state index contributed by atoms with van der Waals surface area (Å²) in [5, 5.41) is 10.0. The number of nitrogens with zero attached hydrogens (tertiary/aromatic N) is 3. The molecule has 0 spiro atoms. The fraction of sp³-hybridized carbons (Fsp3) is 0.136. The number of fused-ring (bicyclic) bond motifs is 3. The number of carbonyl (C=O) groups excluding carboxylic acids is 1. The Morgan fingerprint density at radius 3 is 2.67 bits per heavy atom. The van der Waals surface area contributed by atoms with Gasteiger partial charge >= 0.3 is 0 Å². The third-order valence-electron chi connectivity index (χ3n) is 5.34. The molecule has 3 aromatic heterocycles. The van der Waals surface area contributed by atoms with E-state index in [1.165, 1.54) is 11.3 Å². The van der Waals surface area contributed by atoms with Crippen molar-refractivity contribution < 1.29 is 4.79 Å². The maximum Gasteiger partial charge on any atom is 0.268 e. The van der Waals surface area contributed by atoms with Crippen molar-refractivity contribution in [3.63, 3.8) is 0 Å². The van der Waals surface area contributed by atoms with E-state index >= 15 is 0 Å². The van der Waals surface area contributed by atoms with Crippen LogP contribution in [0.2, 0.25) is 5.02 Å². The minimum absolute atomic E-state index is 0.210. The van der Waals surface area contributed by atoms with Crippen LogP contribution in [0.4, 0.5) is 5.82 Å². The van der Waals surface area contributed by atoms with Crippen LogP contribution in [0.5, 0.6) is 0 Å². The third kappa shape index (κ3) is 2.77. The number of rotatable bonds is 3. The third-order valence-corrected chi connectivity index (χ3v) is 8.03. The second-order valence-corrected chi connectivity index (χ2v) is 9.64. The van der Waals surface area contributed by atoms with E-state index in [1.807, 2.05) is 48.5 Å². The molecule has 8 heteroatoms. The molecule has 0 fully saturated rings. The number of nitrogens with one attached hydrogen (secondary N) is 1. The Hall–Kier alpha value is -2.74. The predicted octanol–water partition coefficient (Wildman–Crippen LogP) is 6.09. The van der Waals surface area contributed by atoms with Gasteiger partial charge in [0.1, 0.15) is 10.7 Å². The molecule has 0 aliphatic heterocycles. The first-order chi connectivity index (χ1) is 14.7. The normalized spacial score (nSPS) is 13.2. The van der Waals surface area contributed by atoms with Gasteiger partial charge < -0.3 is 5.32 Å². The summed E-state index contributed by atoms with van der Waals surface area (Å²) in [6.07, 6.45) is 2.86. The van der Waals surface area contributed by atoms with Crippen molar-refractivity contribution >= 4 is 66.3 Å². The lowest BCUT2D eigenvalue weighted by Crippen LogP contribution is -2.15. The molecule has 2 aromatic carbocycles. The molecule has 5 aromatic rings. The van der Waals surface area contributed by atoms with E-state index in [0.29, 0.717) is 15.7 Å². The van der Waals surface area contributed by atoms with Crippen LogP contribution in [-0.2, 0) is 12.8 Å². The van der Waals surface area contributed by atoms with Gasteiger partial charge in [-0.1, -0.05) is 53.3 Å². The summed E-state index contributed by atoms with van der Waals surface area (Å²) in [6, 6.07) is 15.8. The maximum atomic E-state index is 13.2. The highest BCUT2D eigenvalue weighted by Crippen LogP contribution is 2.37. The molecule has 1 N–H and O–H groups in total. The number of para-hydroxylation sites is 1. The Labute approximate surface area is 184 Å². The topological polar surface area (TPSA) is 59.8 Å². The SMILES string of the molecule is O=C(Nc1c2c(nn1-c1nc3ccccc3s1)CCC2)c1sc2ccccc2c1Cl. The average Bonchev–Trinajstić information content (AvgIpc) is 3.51. The number of anilines is 1. The van der Waals surface area contributed by atoms with E-state index in [1.54, 1.807) is 16.0 Å². The molecule has 1 aliphatic carbocycles. The number of hydrogen-bond acceptors (Lipinski definition) is 5. The lowest BCUT2D eigenvalue weighted by atomic mass is 10.2. The zero-order chi connectivity index (χ0) is 20.2. The molecule has 148 valence electrons. The summed E-state index contributed by atoms with van der Waals surface area (Å²) >= 11 is 9.51. The Bertz CT molecular complexity index is 1420. The van der Waals surface area contributed by atoms with Gasteiger partial charge in [-0.3, -0.25) is 4.79 Å². The molecule has 3 heterocycles. The van der Waals surface area contributed by atoms with Crippen molar-refractivity contribution in [1.29, 1.82) is 0 Å². The molecule has 0 unspecified atom stereocenters. The van der Waals surface area contributed by atoms with Gasteiger partial charge in [0.15, 0.2) is 0 Å². The minimum atomic E-state index is -0.210. The van der Waals surface area contributed by atoms with E-state index in [4.69, 9.17) is 21.7 Å². The van der Waals surface area contributed by atoms with E-state index < -0.39 is 0 Å². The lowest BCUT2D eigenvalue weighted by Gasteiger charge is -2.08. The molecule has 1 amide bonds. The number of aryl methyl sites for hydroxylation is 1. The Morgan fingerprint density at radius 2 is 1.83 bits per heavy atom. The van der Waals surface area contributed by atoms with E-state index in [2.05, 4.69) is 5.32 Å². The first kappa shape index (κ1) is 18.1. The molecule has 0 saturated heterocycles. The van der Waals surface area contributed by atoms with Crippen LogP contribution >= 0.6 is 34.3 Å². The van der Waals surface area contributed by atoms with Gasteiger partial charge in [0.05, 0.1) is 20.9 Å². The van der Waals surface area contributed by atoms with Crippen molar-refractivity contribution in [1.82, 2.24) is 14.8 Å². The molecule has 0 atom stereocenters. The van der Waals surface area contributed by atoms with Crippen molar-refractivity contribution in [3.05, 3.63) is 69.7 Å². The Morgan fingerprint density at radius 1 is 1.03 bits per heavy atom. The fourth-order valence-electron chi connectivity index (χ4n) is 3.93. The Kier molecular flexibility index (Phi) is 4.16. The standard InChI is InChI=1S/C22H15ClN4OS2/c23-18-13-6-1-3-10-16(13)29-19(18)21(28)25-20-12-7-5-9-14(12)26-27(20)22-24-15-8-2-4-11-17(15)30-22/h1-4,6,8,10-11H,5,7,9H2,(H,25,28). The number of benzene rings is 2. The minimum Gasteiger partial charge on any atom is -0.305 e. The first-order valence-electron chi connectivity index (χ1n) is 9.64. The van der Waals surface area contributed by atoms with E-state index in [0.717, 1.165) is 56.0 Å². The summed E-state index contributed by atoms with van der Waals surface area (Å²) < 4.78 is 3.87. The zero-order valence-corrected chi connectivity index (χ0v) is 18.1. The van der Waals surface area contributed by atoms with E-state index in [-0.39, 0.29) is 5.91 Å². The van der Waals surface area contributed by atoms with Crippen molar-refractivity contribution in [3.8, 4) is 5.13 Å². The molecular weight excluding hydrogens is 436 g/mol. The Balaban J connectivity index is 1.44. The van der Waals surface area contributed by atoms with E-state index in [9.17, 15) is 4.79 Å². The largest absolute Gasteiger partial charge is 0.305 e. The van der Waals surface area contributed by atoms with Crippen LogP contribution < -0.4 is 5.32 Å².